The first kappa shape index (κ1) is 16.7. The first-order valence-corrected chi connectivity index (χ1v) is 6.95. The highest BCUT2D eigenvalue weighted by Crippen LogP contribution is 2.10. The van der Waals surface area contributed by atoms with E-state index in [0.717, 1.165) is 6.42 Å². The molecule has 3 amide bonds. The third-order valence-electron chi connectivity index (χ3n) is 2.74. The lowest BCUT2D eigenvalue weighted by Crippen LogP contribution is -2.33. The third-order valence-corrected chi connectivity index (χ3v) is 2.74. The molecule has 114 valence electrons. The van der Waals surface area contributed by atoms with Crippen LogP contribution in [-0.2, 0) is 4.79 Å². The van der Waals surface area contributed by atoms with E-state index in [1.54, 1.807) is 24.3 Å². The second-order valence-electron chi connectivity index (χ2n) is 4.62. The van der Waals surface area contributed by atoms with Crippen LogP contribution in [0.2, 0.25) is 0 Å². The molecule has 0 heterocycles. The molecule has 1 rings (SSSR count). The molecule has 0 bridgehead atoms. The van der Waals surface area contributed by atoms with Crippen molar-refractivity contribution in [1.29, 1.82) is 0 Å². The van der Waals surface area contributed by atoms with Gasteiger partial charge in [0.15, 0.2) is 5.78 Å². The summed E-state index contributed by atoms with van der Waals surface area (Å²) in [4.78, 5) is 34.2. The molecule has 3 N–H and O–H groups in total. The number of rotatable bonds is 7. The number of anilines is 1. The van der Waals surface area contributed by atoms with Crippen LogP contribution in [0, 0.1) is 0 Å². The van der Waals surface area contributed by atoms with E-state index < -0.39 is 6.03 Å². The van der Waals surface area contributed by atoms with Gasteiger partial charge in [0.1, 0.15) is 0 Å². The number of urea groups is 1. The van der Waals surface area contributed by atoms with Gasteiger partial charge < -0.3 is 16.0 Å². The van der Waals surface area contributed by atoms with E-state index in [9.17, 15) is 14.4 Å². The molecule has 0 spiro atoms. The number of ketones is 1. The summed E-state index contributed by atoms with van der Waals surface area (Å²) in [5, 5.41) is 7.94. The van der Waals surface area contributed by atoms with Crippen molar-refractivity contribution in [2.45, 2.75) is 26.7 Å². The van der Waals surface area contributed by atoms with Gasteiger partial charge in [-0.15, -0.1) is 0 Å². The first-order chi connectivity index (χ1) is 10.0. The van der Waals surface area contributed by atoms with E-state index in [-0.39, 0.29) is 24.7 Å². The highest BCUT2D eigenvalue weighted by atomic mass is 16.2. The predicted octanol–water partition coefficient (Wildman–Crippen LogP) is 1.93. The number of benzene rings is 1. The van der Waals surface area contributed by atoms with Gasteiger partial charge in [-0.2, -0.15) is 0 Å². The fourth-order valence-electron chi connectivity index (χ4n) is 1.63. The first-order valence-electron chi connectivity index (χ1n) is 6.95. The van der Waals surface area contributed by atoms with Crippen LogP contribution >= 0.6 is 0 Å². The van der Waals surface area contributed by atoms with Gasteiger partial charge in [0.05, 0.1) is 0 Å². The molecule has 1 aromatic carbocycles. The summed E-state index contributed by atoms with van der Waals surface area (Å²) in [6.45, 7) is 4.34. The van der Waals surface area contributed by atoms with Gasteiger partial charge in [-0.1, -0.05) is 19.1 Å². The number of hydrogen-bond acceptors (Lipinski definition) is 3. The van der Waals surface area contributed by atoms with Crippen LogP contribution in [-0.4, -0.2) is 30.8 Å². The summed E-state index contributed by atoms with van der Waals surface area (Å²) in [6.07, 6.45) is 1.12. The molecule has 0 saturated heterocycles. The second kappa shape index (κ2) is 8.73. The molecule has 0 unspecified atom stereocenters. The van der Waals surface area contributed by atoms with Crippen molar-refractivity contribution in [3.63, 3.8) is 0 Å². The Morgan fingerprint density at radius 2 is 1.86 bits per heavy atom. The van der Waals surface area contributed by atoms with Crippen LogP contribution in [0.15, 0.2) is 24.3 Å². The molecule has 21 heavy (non-hydrogen) atoms. The number of carbonyl (C=O) groups excluding carboxylic acids is 3. The van der Waals surface area contributed by atoms with Crippen molar-refractivity contribution in [1.82, 2.24) is 10.6 Å². The molecule has 0 radical (unpaired) electrons. The van der Waals surface area contributed by atoms with E-state index in [4.69, 9.17) is 0 Å². The Morgan fingerprint density at radius 1 is 1.10 bits per heavy atom. The Balaban J connectivity index is 2.35. The van der Waals surface area contributed by atoms with Crippen molar-refractivity contribution in [3.05, 3.63) is 29.8 Å². The normalized spacial score (nSPS) is 9.81. The Morgan fingerprint density at radius 3 is 2.52 bits per heavy atom. The fourth-order valence-corrected chi connectivity index (χ4v) is 1.63. The maximum atomic E-state index is 11.7. The van der Waals surface area contributed by atoms with E-state index >= 15 is 0 Å². The summed E-state index contributed by atoms with van der Waals surface area (Å²) in [7, 11) is 0. The lowest BCUT2D eigenvalue weighted by Gasteiger charge is -2.08. The largest absolute Gasteiger partial charge is 0.356 e. The molecule has 0 saturated carbocycles. The quantitative estimate of drug-likeness (QED) is 0.671. The maximum Gasteiger partial charge on any atom is 0.319 e. The third kappa shape index (κ3) is 6.56. The Labute approximate surface area is 124 Å². The number of carbonyl (C=O) groups is 3. The summed E-state index contributed by atoms with van der Waals surface area (Å²) < 4.78 is 0. The summed E-state index contributed by atoms with van der Waals surface area (Å²) in [5.41, 5.74) is 1.07. The standard InChI is InChI=1S/C15H21N3O3/c1-3-8-16-14(20)7-9-17-15(21)18-13-6-4-5-12(10-13)11(2)19/h4-6,10H,3,7-9H2,1-2H3,(H,16,20)(H2,17,18,21). The Kier molecular flexibility index (Phi) is 6.94. The summed E-state index contributed by atoms with van der Waals surface area (Å²) in [5.74, 6) is -0.151. The SMILES string of the molecule is CCCNC(=O)CCNC(=O)Nc1cccc(C(C)=O)c1. The highest BCUT2D eigenvalue weighted by Gasteiger charge is 2.05. The van der Waals surface area contributed by atoms with E-state index in [1.807, 2.05) is 6.92 Å². The summed E-state index contributed by atoms with van der Waals surface area (Å²) >= 11 is 0. The summed E-state index contributed by atoms with van der Waals surface area (Å²) in [6, 6.07) is 6.28. The van der Waals surface area contributed by atoms with Gasteiger partial charge in [0.25, 0.3) is 0 Å². The van der Waals surface area contributed by atoms with Crippen LogP contribution in [0.25, 0.3) is 0 Å². The average molecular weight is 291 g/mol. The zero-order valence-electron chi connectivity index (χ0n) is 12.4. The minimum absolute atomic E-state index is 0.0633. The van der Waals surface area contributed by atoms with E-state index in [1.165, 1.54) is 6.92 Å². The highest BCUT2D eigenvalue weighted by molar-refractivity contribution is 5.96. The van der Waals surface area contributed by atoms with Crippen LogP contribution < -0.4 is 16.0 Å². The van der Waals surface area contributed by atoms with Crippen molar-refractivity contribution in [2.24, 2.45) is 0 Å². The van der Waals surface area contributed by atoms with Gasteiger partial charge in [0, 0.05) is 30.8 Å². The van der Waals surface area contributed by atoms with Gasteiger partial charge in [-0.3, -0.25) is 9.59 Å². The zero-order valence-corrected chi connectivity index (χ0v) is 12.4. The lowest BCUT2D eigenvalue weighted by molar-refractivity contribution is -0.120. The lowest BCUT2D eigenvalue weighted by atomic mass is 10.1. The Bertz CT molecular complexity index is 515. The number of nitrogens with one attached hydrogen (secondary N) is 3. The molecule has 1 aromatic rings. The smallest absolute Gasteiger partial charge is 0.319 e. The molecule has 0 atom stereocenters. The number of hydrogen-bond donors (Lipinski definition) is 3. The average Bonchev–Trinajstić information content (AvgIpc) is 2.45. The number of Topliss-reactive ketones (excluding diaryl/α,β-unsaturated/α-hetero) is 1. The second-order valence-corrected chi connectivity index (χ2v) is 4.62. The van der Waals surface area contributed by atoms with Crippen molar-refractivity contribution >= 4 is 23.4 Å². The van der Waals surface area contributed by atoms with Crippen molar-refractivity contribution in [2.75, 3.05) is 18.4 Å². The molecule has 0 aliphatic carbocycles. The molecule has 6 heteroatoms. The maximum absolute atomic E-state index is 11.7. The zero-order chi connectivity index (χ0) is 15.7. The molecule has 0 fully saturated rings. The van der Waals surface area contributed by atoms with E-state index in [2.05, 4.69) is 16.0 Å². The minimum Gasteiger partial charge on any atom is -0.356 e. The molecule has 0 aromatic heterocycles. The van der Waals surface area contributed by atoms with Gasteiger partial charge >= 0.3 is 6.03 Å². The fraction of sp³-hybridized carbons (Fsp3) is 0.400. The van der Waals surface area contributed by atoms with Crippen molar-refractivity contribution in [3.8, 4) is 0 Å². The molecular weight excluding hydrogens is 270 g/mol. The molecule has 0 aliphatic rings. The van der Waals surface area contributed by atoms with Crippen LogP contribution in [0.4, 0.5) is 10.5 Å². The predicted molar refractivity (Wildman–Crippen MR) is 81.4 cm³/mol. The minimum atomic E-state index is -0.404. The van der Waals surface area contributed by atoms with Crippen molar-refractivity contribution < 1.29 is 14.4 Å². The van der Waals surface area contributed by atoms with Crippen LogP contribution in [0.1, 0.15) is 37.0 Å². The van der Waals surface area contributed by atoms with Gasteiger partial charge in [0.2, 0.25) is 5.91 Å². The molecular formula is C15H21N3O3. The van der Waals surface area contributed by atoms with Gasteiger partial charge in [-0.05, 0) is 25.5 Å². The molecule has 6 nitrogen and oxygen atoms in total. The van der Waals surface area contributed by atoms with E-state index in [0.29, 0.717) is 17.8 Å². The van der Waals surface area contributed by atoms with Crippen LogP contribution in [0.3, 0.4) is 0 Å². The Hall–Kier alpha value is -2.37. The number of amides is 3. The monoisotopic (exact) mass is 291 g/mol. The topological polar surface area (TPSA) is 87.3 Å². The van der Waals surface area contributed by atoms with Gasteiger partial charge in [-0.25, -0.2) is 4.79 Å². The van der Waals surface area contributed by atoms with Crippen LogP contribution in [0.5, 0.6) is 0 Å². The molecule has 0 aliphatic heterocycles.